The fourth-order valence-corrected chi connectivity index (χ4v) is 2.05. The average molecular weight is 250 g/mol. The highest BCUT2D eigenvalue weighted by atomic mass is 16.5. The van der Waals surface area contributed by atoms with Crippen molar-refractivity contribution in [1.82, 2.24) is 5.32 Å². The van der Waals surface area contributed by atoms with Gasteiger partial charge in [0.05, 0.1) is 7.11 Å². The summed E-state index contributed by atoms with van der Waals surface area (Å²) < 4.78 is 5.47. The van der Waals surface area contributed by atoms with Crippen LogP contribution in [0, 0.1) is 0 Å². The standard InChI is InChI=1S/C15H26N2O/c1-11(2)12-7-8-13(15(10-12)18-4)14(16)6-5-9-17-3/h7-8,10-11,14,17H,5-6,9,16H2,1-4H3. The molecule has 0 spiro atoms. The van der Waals surface area contributed by atoms with Crippen LogP contribution in [0.25, 0.3) is 0 Å². The molecule has 1 unspecified atom stereocenters. The first-order chi connectivity index (χ1) is 8.60. The molecule has 102 valence electrons. The number of ether oxygens (including phenoxy) is 1. The lowest BCUT2D eigenvalue weighted by atomic mass is 9.96. The molecule has 1 aromatic carbocycles. The summed E-state index contributed by atoms with van der Waals surface area (Å²) in [5.74, 6) is 1.42. The molecule has 18 heavy (non-hydrogen) atoms. The second kappa shape index (κ2) is 7.39. The van der Waals surface area contributed by atoms with Gasteiger partial charge in [0.1, 0.15) is 5.75 Å². The topological polar surface area (TPSA) is 47.3 Å². The molecule has 1 atom stereocenters. The molecule has 0 heterocycles. The lowest BCUT2D eigenvalue weighted by Gasteiger charge is -2.17. The molecule has 0 radical (unpaired) electrons. The molecule has 0 saturated carbocycles. The third-order valence-electron chi connectivity index (χ3n) is 3.27. The lowest BCUT2D eigenvalue weighted by Crippen LogP contribution is -2.15. The van der Waals surface area contributed by atoms with Gasteiger partial charge in [0.25, 0.3) is 0 Å². The molecule has 3 nitrogen and oxygen atoms in total. The molecule has 3 heteroatoms. The maximum atomic E-state index is 6.23. The van der Waals surface area contributed by atoms with Crippen molar-refractivity contribution in [2.75, 3.05) is 20.7 Å². The molecular formula is C15H26N2O. The normalized spacial score (nSPS) is 12.8. The van der Waals surface area contributed by atoms with Gasteiger partial charge in [-0.15, -0.1) is 0 Å². The molecular weight excluding hydrogens is 224 g/mol. The highest BCUT2D eigenvalue weighted by molar-refractivity contribution is 5.40. The zero-order valence-corrected chi connectivity index (χ0v) is 12.0. The second-order valence-electron chi connectivity index (χ2n) is 5.01. The zero-order chi connectivity index (χ0) is 13.5. The molecule has 1 rings (SSSR count). The summed E-state index contributed by atoms with van der Waals surface area (Å²) >= 11 is 0. The van der Waals surface area contributed by atoms with Gasteiger partial charge in [0, 0.05) is 11.6 Å². The van der Waals surface area contributed by atoms with E-state index in [2.05, 4.69) is 37.4 Å². The van der Waals surface area contributed by atoms with Gasteiger partial charge < -0.3 is 15.8 Å². The van der Waals surface area contributed by atoms with E-state index in [1.807, 2.05) is 7.05 Å². The summed E-state index contributed by atoms with van der Waals surface area (Å²) in [7, 11) is 3.67. The van der Waals surface area contributed by atoms with Gasteiger partial charge in [0.15, 0.2) is 0 Å². The van der Waals surface area contributed by atoms with Crippen molar-refractivity contribution in [3.8, 4) is 5.75 Å². The van der Waals surface area contributed by atoms with Gasteiger partial charge in [-0.1, -0.05) is 26.0 Å². The van der Waals surface area contributed by atoms with Crippen molar-refractivity contribution in [2.45, 2.75) is 38.6 Å². The number of rotatable bonds is 7. The number of hydrogen-bond acceptors (Lipinski definition) is 3. The Bertz CT molecular complexity index is 364. The fraction of sp³-hybridized carbons (Fsp3) is 0.600. The van der Waals surface area contributed by atoms with Gasteiger partial charge in [-0.05, 0) is 44.0 Å². The van der Waals surface area contributed by atoms with E-state index in [9.17, 15) is 0 Å². The van der Waals surface area contributed by atoms with E-state index in [1.165, 1.54) is 5.56 Å². The summed E-state index contributed by atoms with van der Waals surface area (Å²) in [5.41, 5.74) is 8.63. The Morgan fingerprint density at radius 3 is 2.61 bits per heavy atom. The average Bonchev–Trinajstić information content (AvgIpc) is 2.38. The Morgan fingerprint density at radius 2 is 2.06 bits per heavy atom. The molecule has 0 aromatic heterocycles. The van der Waals surface area contributed by atoms with Crippen molar-refractivity contribution >= 4 is 0 Å². The Hall–Kier alpha value is -1.06. The van der Waals surface area contributed by atoms with Crippen LogP contribution in [0.15, 0.2) is 18.2 Å². The Labute approximate surface area is 111 Å². The van der Waals surface area contributed by atoms with E-state index < -0.39 is 0 Å². The number of nitrogens with one attached hydrogen (secondary N) is 1. The highest BCUT2D eigenvalue weighted by Gasteiger charge is 2.13. The number of nitrogens with two attached hydrogens (primary N) is 1. The smallest absolute Gasteiger partial charge is 0.123 e. The van der Waals surface area contributed by atoms with E-state index in [-0.39, 0.29) is 6.04 Å². The third kappa shape index (κ3) is 4.00. The van der Waals surface area contributed by atoms with Gasteiger partial charge in [-0.3, -0.25) is 0 Å². The first kappa shape index (κ1) is 15.0. The molecule has 0 aliphatic rings. The van der Waals surface area contributed by atoms with Crippen molar-refractivity contribution in [3.05, 3.63) is 29.3 Å². The maximum absolute atomic E-state index is 6.23. The van der Waals surface area contributed by atoms with Gasteiger partial charge in [-0.2, -0.15) is 0 Å². The third-order valence-corrected chi connectivity index (χ3v) is 3.27. The largest absolute Gasteiger partial charge is 0.496 e. The quantitative estimate of drug-likeness (QED) is 0.732. The van der Waals surface area contributed by atoms with Crippen molar-refractivity contribution in [1.29, 1.82) is 0 Å². The van der Waals surface area contributed by atoms with Crippen LogP contribution in [0.4, 0.5) is 0 Å². The molecule has 0 aliphatic carbocycles. The number of methoxy groups -OCH3 is 1. The van der Waals surface area contributed by atoms with Crippen molar-refractivity contribution in [2.24, 2.45) is 5.73 Å². The Balaban J connectivity index is 2.81. The van der Waals surface area contributed by atoms with Crippen LogP contribution in [0.1, 0.15) is 49.8 Å². The van der Waals surface area contributed by atoms with E-state index in [0.29, 0.717) is 5.92 Å². The Kier molecular flexibility index (Phi) is 6.16. The van der Waals surface area contributed by atoms with Crippen LogP contribution < -0.4 is 15.8 Å². The predicted octanol–water partition coefficient (Wildman–Crippen LogP) is 2.82. The van der Waals surface area contributed by atoms with Crippen LogP contribution in [0.2, 0.25) is 0 Å². The zero-order valence-electron chi connectivity index (χ0n) is 12.0. The van der Waals surface area contributed by atoms with E-state index in [1.54, 1.807) is 7.11 Å². The van der Waals surface area contributed by atoms with Crippen LogP contribution >= 0.6 is 0 Å². The highest BCUT2D eigenvalue weighted by Crippen LogP contribution is 2.29. The first-order valence-electron chi connectivity index (χ1n) is 6.68. The van der Waals surface area contributed by atoms with Crippen molar-refractivity contribution < 1.29 is 4.74 Å². The predicted molar refractivity (Wildman–Crippen MR) is 77.2 cm³/mol. The summed E-state index contributed by atoms with van der Waals surface area (Å²) in [6.07, 6.45) is 2.05. The van der Waals surface area contributed by atoms with Gasteiger partial charge in [-0.25, -0.2) is 0 Å². The van der Waals surface area contributed by atoms with Crippen LogP contribution in [0.3, 0.4) is 0 Å². The molecule has 3 N–H and O–H groups in total. The van der Waals surface area contributed by atoms with Crippen LogP contribution in [-0.4, -0.2) is 20.7 Å². The maximum Gasteiger partial charge on any atom is 0.123 e. The SMILES string of the molecule is CNCCCC(N)c1ccc(C(C)C)cc1OC. The lowest BCUT2D eigenvalue weighted by molar-refractivity contribution is 0.402. The van der Waals surface area contributed by atoms with Crippen LogP contribution in [0.5, 0.6) is 5.75 Å². The van der Waals surface area contributed by atoms with E-state index in [0.717, 1.165) is 30.7 Å². The minimum Gasteiger partial charge on any atom is -0.496 e. The van der Waals surface area contributed by atoms with E-state index >= 15 is 0 Å². The minimum atomic E-state index is 0.0505. The van der Waals surface area contributed by atoms with Gasteiger partial charge >= 0.3 is 0 Å². The molecule has 1 aromatic rings. The molecule has 0 bridgehead atoms. The van der Waals surface area contributed by atoms with Crippen LogP contribution in [-0.2, 0) is 0 Å². The van der Waals surface area contributed by atoms with Gasteiger partial charge in [0.2, 0.25) is 0 Å². The second-order valence-corrected chi connectivity index (χ2v) is 5.01. The summed E-state index contributed by atoms with van der Waals surface area (Å²) in [6.45, 7) is 5.36. The monoisotopic (exact) mass is 250 g/mol. The van der Waals surface area contributed by atoms with Crippen molar-refractivity contribution in [3.63, 3.8) is 0 Å². The molecule has 0 saturated heterocycles. The number of benzene rings is 1. The minimum absolute atomic E-state index is 0.0505. The fourth-order valence-electron chi connectivity index (χ4n) is 2.05. The number of hydrogen-bond donors (Lipinski definition) is 2. The first-order valence-corrected chi connectivity index (χ1v) is 6.68. The summed E-state index contributed by atoms with van der Waals surface area (Å²) in [5, 5.41) is 3.14. The molecule has 0 aliphatic heterocycles. The Morgan fingerprint density at radius 1 is 1.33 bits per heavy atom. The van der Waals surface area contributed by atoms with E-state index in [4.69, 9.17) is 10.5 Å². The summed E-state index contributed by atoms with van der Waals surface area (Å²) in [4.78, 5) is 0. The summed E-state index contributed by atoms with van der Waals surface area (Å²) in [6, 6.07) is 6.42. The molecule has 0 fully saturated rings. The molecule has 0 amide bonds.